The molecule has 0 unspecified atom stereocenters. The van der Waals surface area contributed by atoms with E-state index in [0.717, 1.165) is 36.8 Å². The number of methoxy groups -OCH3 is 1. The third-order valence-electron chi connectivity index (χ3n) is 4.04. The number of hydrogen-bond donors (Lipinski definition) is 0. The average Bonchev–Trinajstić information content (AvgIpc) is 2.90. The first-order chi connectivity index (χ1) is 10.2. The molecule has 7 nitrogen and oxygen atoms in total. The smallest absolute Gasteiger partial charge is 0.270 e. The molecule has 0 spiro atoms. The number of ether oxygens (including phenoxy) is 1. The Morgan fingerprint density at radius 3 is 2.86 bits per heavy atom. The van der Waals surface area contributed by atoms with Crippen LogP contribution in [0.25, 0.3) is 10.9 Å². The second kappa shape index (κ2) is 5.79. The number of hydrogen-bond acceptors (Lipinski definition) is 5. The molecule has 0 radical (unpaired) electrons. The normalized spacial score (nSPS) is 17.4. The molecule has 1 saturated heterocycles. The molecular formula is C14H18N4O3. The summed E-state index contributed by atoms with van der Waals surface area (Å²) in [6.07, 6.45) is 4.10. The van der Waals surface area contributed by atoms with Crippen LogP contribution in [-0.4, -0.2) is 45.9 Å². The minimum atomic E-state index is -0.383. The van der Waals surface area contributed by atoms with Gasteiger partial charge in [-0.1, -0.05) is 0 Å². The third kappa shape index (κ3) is 2.88. The zero-order valence-corrected chi connectivity index (χ0v) is 11.9. The Morgan fingerprint density at radius 2 is 2.19 bits per heavy atom. The zero-order valence-electron chi connectivity index (χ0n) is 11.9. The number of aromatic nitrogens is 2. The summed E-state index contributed by atoms with van der Waals surface area (Å²) in [6, 6.07) is 4.86. The van der Waals surface area contributed by atoms with E-state index in [1.165, 1.54) is 6.07 Å². The van der Waals surface area contributed by atoms with Crippen molar-refractivity contribution in [3.63, 3.8) is 0 Å². The summed E-state index contributed by atoms with van der Waals surface area (Å²) in [7, 11) is 1.76. The Balaban J connectivity index is 1.74. The molecule has 2 heterocycles. The lowest BCUT2D eigenvalue weighted by Crippen LogP contribution is -2.37. The van der Waals surface area contributed by atoms with Gasteiger partial charge in [0.25, 0.3) is 5.69 Å². The van der Waals surface area contributed by atoms with Gasteiger partial charge < -0.3 is 4.74 Å². The van der Waals surface area contributed by atoms with Gasteiger partial charge >= 0.3 is 0 Å². The highest BCUT2D eigenvalue weighted by atomic mass is 16.6. The number of benzene rings is 1. The van der Waals surface area contributed by atoms with E-state index >= 15 is 0 Å². The van der Waals surface area contributed by atoms with Crippen LogP contribution in [-0.2, 0) is 11.4 Å². The van der Waals surface area contributed by atoms with Gasteiger partial charge in [-0.05, 0) is 18.9 Å². The van der Waals surface area contributed by atoms with E-state index in [-0.39, 0.29) is 10.6 Å². The molecule has 1 aliphatic rings. The van der Waals surface area contributed by atoms with E-state index in [1.54, 1.807) is 25.4 Å². The molecule has 1 fully saturated rings. The fraction of sp³-hybridized carbons (Fsp3) is 0.500. The Labute approximate surface area is 122 Å². The molecule has 0 atom stereocenters. The summed E-state index contributed by atoms with van der Waals surface area (Å²) in [5.74, 6) is 0. The van der Waals surface area contributed by atoms with Crippen LogP contribution in [0.1, 0.15) is 12.8 Å². The molecule has 112 valence electrons. The number of piperidine rings is 1. The van der Waals surface area contributed by atoms with Crippen LogP contribution in [0.4, 0.5) is 5.69 Å². The number of non-ortho nitro benzene ring substituents is 1. The number of nitro benzene ring substituents is 1. The molecule has 3 rings (SSSR count). The van der Waals surface area contributed by atoms with Crippen LogP contribution in [0.3, 0.4) is 0 Å². The SMILES string of the molecule is COC1CCN(Cn2ncc3cc([N+](=O)[O-])ccc32)CC1. The van der Waals surface area contributed by atoms with Crippen LogP contribution in [0.15, 0.2) is 24.4 Å². The Hall–Kier alpha value is -1.99. The van der Waals surface area contributed by atoms with Crippen molar-refractivity contribution < 1.29 is 9.66 Å². The first-order valence-corrected chi connectivity index (χ1v) is 7.02. The predicted molar refractivity (Wildman–Crippen MR) is 78.0 cm³/mol. The average molecular weight is 290 g/mol. The second-order valence-electron chi connectivity index (χ2n) is 5.34. The van der Waals surface area contributed by atoms with Gasteiger partial charge in [0.1, 0.15) is 0 Å². The van der Waals surface area contributed by atoms with E-state index in [0.29, 0.717) is 12.8 Å². The number of rotatable bonds is 4. The molecule has 2 aromatic rings. The Bertz CT molecular complexity index is 647. The fourth-order valence-electron chi connectivity index (χ4n) is 2.78. The van der Waals surface area contributed by atoms with E-state index in [4.69, 9.17) is 4.74 Å². The lowest BCUT2D eigenvalue weighted by Gasteiger charge is -2.31. The van der Waals surface area contributed by atoms with E-state index in [1.807, 2.05) is 4.68 Å². The Kier molecular flexibility index (Phi) is 3.85. The molecule has 0 saturated carbocycles. The molecular weight excluding hydrogens is 272 g/mol. The van der Waals surface area contributed by atoms with Crippen molar-refractivity contribution in [3.8, 4) is 0 Å². The van der Waals surface area contributed by atoms with Crippen molar-refractivity contribution in [3.05, 3.63) is 34.5 Å². The number of nitro groups is 1. The standard InChI is InChI=1S/C14H18N4O3/c1-21-13-4-6-16(7-5-13)10-17-14-3-2-12(18(19)20)8-11(14)9-15-17/h2-3,8-9,13H,4-7,10H2,1H3. The van der Waals surface area contributed by atoms with Crippen molar-refractivity contribution in [2.75, 3.05) is 20.2 Å². The molecule has 7 heteroatoms. The summed E-state index contributed by atoms with van der Waals surface area (Å²) in [4.78, 5) is 12.7. The molecule has 1 aliphatic heterocycles. The van der Waals surface area contributed by atoms with Crippen molar-refractivity contribution in [2.45, 2.75) is 25.6 Å². The van der Waals surface area contributed by atoms with E-state index in [2.05, 4.69) is 10.00 Å². The minimum Gasteiger partial charge on any atom is -0.381 e. The van der Waals surface area contributed by atoms with Gasteiger partial charge in [-0.15, -0.1) is 0 Å². The van der Waals surface area contributed by atoms with Crippen molar-refractivity contribution >= 4 is 16.6 Å². The predicted octanol–water partition coefficient (Wildman–Crippen LogP) is 2.01. The quantitative estimate of drug-likeness (QED) is 0.636. The maximum atomic E-state index is 10.8. The van der Waals surface area contributed by atoms with Crippen LogP contribution >= 0.6 is 0 Å². The van der Waals surface area contributed by atoms with Gasteiger partial charge in [0.2, 0.25) is 0 Å². The van der Waals surface area contributed by atoms with Crippen molar-refractivity contribution in [2.24, 2.45) is 0 Å². The summed E-state index contributed by atoms with van der Waals surface area (Å²) in [5.41, 5.74) is 1.03. The van der Waals surface area contributed by atoms with Crippen LogP contribution in [0, 0.1) is 10.1 Å². The maximum absolute atomic E-state index is 10.8. The molecule has 0 amide bonds. The minimum absolute atomic E-state index is 0.1000. The molecule has 1 aromatic heterocycles. The highest BCUT2D eigenvalue weighted by Gasteiger charge is 2.19. The number of fused-ring (bicyclic) bond motifs is 1. The number of nitrogens with zero attached hydrogens (tertiary/aromatic N) is 4. The molecule has 1 aromatic carbocycles. The van der Waals surface area contributed by atoms with E-state index in [9.17, 15) is 10.1 Å². The highest BCUT2D eigenvalue weighted by Crippen LogP contribution is 2.21. The van der Waals surface area contributed by atoms with Gasteiger partial charge in [-0.25, -0.2) is 0 Å². The van der Waals surface area contributed by atoms with Crippen molar-refractivity contribution in [1.29, 1.82) is 0 Å². The number of likely N-dealkylation sites (tertiary alicyclic amines) is 1. The lowest BCUT2D eigenvalue weighted by molar-refractivity contribution is -0.384. The Morgan fingerprint density at radius 1 is 1.43 bits per heavy atom. The largest absolute Gasteiger partial charge is 0.381 e. The van der Waals surface area contributed by atoms with Gasteiger partial charge in [0.05, 0.1) is 29.4 Å². The summed E-state index contributed by atoms with van der Waals surface area (Å²) < 4.78 is 7.26. The van der Waals surface area contributed by atoms with Crippen LogP contribution < -0.4 is 0 Å². The first kappa shape index (κ1) is 14.0. The molecule has 21 heavy (non-hydrogen) atoms. The van der Waals surface area contributed by atoms with Gasteiger partial charge in [-0.2, -0.15) is 5.10 Å². The lowest BCUT2D eigenvalue weighted by atomic mass is 10.1. The van der Waals surface area contributed by atoms with E-state index < -0.39 is 0 Å². The van der Waals surface area contributed by atoms with Gasteiger partial charge in [0, 0.05) is 37.7 Å². The fourth-order valence-corrected chi connectivity index (χ4v) is 2.78. The highest BCUT2D eigenvalue weighted by molar-refractivity contribution is 5.81. The van der Waals surface area contributed by atoms with Crippen molar-refractivity contribution in [1.82, 2.24) is 14.7 Å². The second-order valence-corrected chi connectivity index (χ2v) is 5.34. The van der Waals surface area contributed by atoms with Gasteiger partial charge in [-0.3, -0.25) is 19.7 Å². The van der Waals surface area contributed by atoms with Crippen LogP contribution in [0.5, 0.6) is 0 Å². The summed E-state index contributed by atoms with van der Waals surface area (Å²) >= 11 is 0. The third-order valence-corrected chi connectivity index (χ3v) is 4.04. The molecule has 0 aliphatic carbocycles. The topological polar surface area (TPSA) is 73.4 Å². The summed E-state index contributed by atoms with van der Waals surface area (Å²) in [5, 5.41) is 15.9. The van der Waals surface area contributed by atoms with Crippen LogP contribution in [0.2, 0.25) is 0 Å². The monoisotopic (exact) mass is 290 g/mol. The zero-order chi connectivity index (χ0) is 14.8. The van der Waals surface area contributed by atoms with Gasteiger partial charge in [0.15, 0.2) is 0 Å². The maximum Gasteiger partial charge on any atom is 0.270 e. The molecule has 0 N–H and O–H groups in total. The summed E-state index contributed by atoms with van der Waals surface area (Å²) in [6.45, 7) is 2.66. The molecule has 0 bridgehead atoms. The first-order valence-electron chi connectivity index (χ1n) is 7.02.